The Morgan fingerprint density at radius 1 is 1.12 bits per heavy atom. The molecule has 3 amide bonds. The second-order valence-electron chi connectivity index (χ2n) is 5.24. The molecule has 1 aromatic heterocycles. The highest BCUT2D eigenvalue weighted by molar-refractivity contribution is 6.00. The van der Waals surface area contributed by atoms with Crippen LogP contribution in [0.25, 0.3) is 0 Å². The molecule has 1 aromatic rings. The largest absolute Gasteiger partial charge is 0.462 e. The van der Waals surface area contributed by atoms with Crippen molar-refractivity contribution in [3.63, 3.8) is 0 Å². The number of amides is 3. The minimum absolute atomic E-state index is 0.0539. The lowest BCUT2D eigenvalue weighted by atomic mass is 10.1. The number of aromatic amines is 1. The number of hydrogen-bond donors (Lipinski definition) is 3. The van der Waals surface area contributed by atoms with Gasteiger partial charge in [0.1, 0.15) is 5.69 Å². The summed E-state index contributed by atoms with van der Waals surface area (Å²) in [5.74, 6) is -2.12. The van der Waals surface area contributed by atoms with Crippen LogP contribution in [0, 0.1) is 13.8 Å². The van der Waals surface area contributed by atoms with Crippen LogP contribution in [0.4, 0.5) is 4.79 Å². The van der Waals surface area contributed by atoms with Crippen LogP contribution in [0.15, 0.2) is 0 Å². The van der Waals surface area contributed by atoms with Gasteiger partial charge in [0, 0.05) is 12.2 Å². The zero-order valence-corrected chi connectivity index (χ0v) is 14.9. The molecule has 0 saturated carbocycles. The van der Waals surface area contributed by atoms with Gasteiger partial charge in [-0.3, -0.25) is 10.1 Å². The monoisotopic (exact) mass is 353 g/mol. The normalized spacial score (nSPS) is 11.4. The molecule has 138 valence electrons. The maximum atomic E-state index is 12.3. The summed E-state index contributed by atoms with van der Waals surface area (Å²) in [7, 11) is 0. The van der Waals surface area contributed by atoms with Crippen molar-refractivity contribution in [2.24, 2.45) is 0 Å². The third kappa shape index (κ3) is 5.07. The van der Waals surface area contributed by atoms with Crippen molar-refractivity contribution in [2.75, 3.05) is 13.2 Å². The lowest BCUT2D eigenvalue weighted by molar-refractivity contribution is -0.127. The highest BCUT2D eigenvalue weighted by Gasteiger charge is 2.26. The minimum atomic E-state index is -1.19. The predicted molar refractivity (Wildman–Crippen MR) is 88.3 cm³/mol. The molecule has 0 aliphatic carbocycles. The Labute approximate surface area is 145 Å². The Hall–Kier alpha value is -2.84. The van der Waals surface area contributed by atoms with Crippen molar-refractivity contribution in [3.05, 3.63) is 22.5 Å². The lowest BCUT2D eigenvalue weighted by Crippen LogP contribution is -2.44. The highest BCUT2D eigenvalue weighted by atomic mass is 16.5. The fraction of sp³-hybridized carbons (Fsp3) is 0.500. The number of hydrogen-bond acceptors (Lipinski definition) is 6. The van der Waals surface area contributed by atoms with Crippen molar-refractivity contribution in [3.8, 4) is 0 Å². The molecule has 0 fully saturated rings. The number of carbonyl (C=O) groups is 4. The molecular formula is C16H23N3O6. The standard InChI is InChI=1S/C16H23N3O6/c1-6-17-16(23)19-13(20)10(5)25-15(22)12-8(3)11(9(4)18-12)14(21)24-7-2/h10,18H,6-7H2,1-5H3,(H2,17,19,20,23). The number of imide groups is 1. The number of rotatable bonds is 6. The summed E-state index contributed by atoms with van der Waals surface area (Å²) >= 11 is 0. The van der Waals surface area contributed by atoms with Crippen LogP contribution in [-0.2, 0) is 14.3 Å². The molecule has 1 atom stereocenters. The zero-order valence-electron chi connectivity index (χ0n) is 14.9. The second kappa shape index (κ2) is 8.86. The van der Waals surface area contributed by atoms with Crippen LogP contribution in [0.3, 0.4) is 0 Å². The molecule has 0 radical (unpaired) electrons. The van der Waals surface area contributed by atoms with Crippen LogP contribution in [0.5, 0.6) is 0 Å². The average molecular weight is 353 g/mol. The number of nitrogens with one attached hydrogen (secondary N) is 3. The first-order valence-electron chi connectivity index (χ1n) is 7.88. The number of aryl methyl sites for hydroxylation is 1. The van der Waals surface area contributed by atoms with Crippen LogP contribution >= 0.6 is 0 Å². The zero-order chi connectivity index (χ0) is 19.1. The maximum absolute atomic E-state index is 12.3. The third-order valence-corrected chi connectivity index (χ3v) is 3.35. The fourth-order valence-electron chi connectivity index (χ4n) is 2.15. The molecule has 0 aliphatic rings. The minimum Gasteiger partial charge on any atom is -0.462 e. The average Bonchev–Trinajstić information content (AvgIpc) is 2.82. The molecular weight excluding hydrogens is 330 g/mol. The van der Waals surface area contributed by atoms with E-state index in [1.165, 1.54) is 6.92 Å². The van der Waals surface area contributed by atoms with Crippen LogP contribution in [0.1, 0.15) is 52.9 Å². The van der Waals surface area contributed by atoms with Gasteiger partial charge in [-0.25, -0.2) is 14.4 Å². The summed E-state index contributed by atoms with van der Waals surface area (Å²) in [6, 6.07) is -0.674. The van der Waals surface area contributed by atoms with Gasteiger partial charge in [-0.05, 0) is 40.2 Å². The molecule has 0 aliphatic heterocycles. The van der Waals surface area contributed by atoms with E-state index in [4.69, 9.17) is 9.47 Å². The van der Waals surface area contributed by atoms with E-state index < -0.39 is 30.0 Å². The molecule has 0 spiro atoms. The molecule has 3 N–H and O–H groups in total. The number of carbonyl (C=O) groups excluding carboxylic acids is 4. The second-order valence-corrected chi connectivity index (χ2v) is 5.24. The Bertz CT molecular complexity index is 680. The van der Waals surface area contributed by atoms with E-state index in [1.54, 1.807) is 27.7 Å². The SMILES string of the molecule is CCNC(=O)NC(=O)C(C)OC(=O)c1[nH]c(C)c(C(=O)OCC)c1C. The summed E-state index contributed by atoms with van der Waals surface area (Å²) in [6.07, 6.45) is -1.19. The van der Waals surface area contributed by atoms with E-state index in [0.717, 1.165) is 0 Å². The first kappa shape index (κ1) is 20.2. The van der Waals surface area contributed by atoms with Gasteiger partial charge in [0.25, 0.3) is 5.91 Å². The van der Waals surface area contributed by atoms with Gasteiger partial charge in [0.2, 0.25) is 0 Å². The highest BCUT2D eigenvalue weighted by Crippen LogP contribution is 2.20. The number of esters is 2. The van der Waals surface area contributed by atoms with Gasteiger partial charge < -0.3 is 19.8 Å². The van der Waals surface area contributed by atoms with E-state index in [0.29, 0.717) is 17.8 Å². The Balaban J connectivity index is 2.84. The third-order valence-electron chi connectivity index (χ3n) is 3.35. The smallest absolute Gasteiger partial charge is 0.355 e. The van der Waals surface area contributed by atoms with Crippen LogP contribution in [-0.4, -0.2) is 48.1 Å². The number of aromatic nitrogens is 1. The van der Waals surface area contributed by atoms with Crippen molar-refractivity contribution < 1.29 is 28.7 Å². The molecule has 1 rings (SSSR count). The molecule has 0 aromatic carbocycles. The predicted octanol–water partition coefficient (Wildman–Crippen LogP) is 1.20. The van der Waals surface area contributed by atoms with Crippen LogP contribution in [0.2, 0.25) is 0 Å². The maximum Gasteiger partial charge on any atom is 0.355 e. The van der Waals surface area contributed by atoms with Crippen molar-refractivity contribution in [1.29, 1.82) is 0 Å². The van der Waals surface area contributed by atoms with Crippen molar-refractivity contribution >= 4 is 23.9 Å². The summed E-state index contributed by atoms with van der Waals surface area (Å²) in [5, 5.41) is 4.44. The quantitative estimate of drug-likeness (QED) is 0.660. The molecule has 1 heterocycles. The first-order valence-corrected chi connectivity index (χ1v) is 7.88. The number of urea groups is 1. The molecule has 9 nitrogen and oxygen atoms in total. The van der Waals surface area contributed by atoms with Crippen LogP contribution < -0.4 is 10.6 Å². The van der Waals surface area contributed by atoms with E-state index in [1.807, 2.05) is 0 Å². The van der Waals surface area contributed by atoms with Gasteiger partial charge in [-0.1, -0.05) is 0 Å². The molecule has 0 saturated heterocycles. The topological polar surface area (TPSA) is 127 Å². The Morgan fingerprint density at radius 3 is 2.32 bits per heavy atom. The summed E-state index contributed by atoms with van der Waals surface area (Å²) in [5.41, 5.74) is 1.14. The Morgan fingerprint density at radius 2 is 1.76 bits per heavy atom. The van der Waals surface area contributed by atoms with Gasteiger partial charge in [-0.15, -0.1) is 0 Å². The number of H-pyrrole nitrogens is 1. The van der Waals surface area contributed by atoms with Crippen molar-refractivity contribution in [1.82, 2.24) is 15.6 Å². The van der Waals surface area contributed by atoms with E-state index in [2.05, 4.69) is 15.6 Å². The Kier molecular flexibility index (Phi) is 7.16. The molecule has 9 heteroatoms. The molecule has 25 heavy (non-hydrogen) atoms. The van der Waals surface area contributed by atoms with Gasteiger partial charge in [0.05, 0.1) is 12.2 Å². The van der Waals surface area contributed by atoms with E-state index >= 15 is 0 Å². The van der Waals surface area contributed by atoms with E-state index in [-0.39, 0.29) is 17.9 Å². The summed E-state index contributed by atoms with van der Waals surface area (Å²) in [6.45, 7) is 8.48. The fourth-order valence-corrected chi connectivity index (χ4v) is 2.15. The lowest BCUT2D eigenvalue weighted by Gasteiger charge is -2.13. The van der Waals surface area contributed by atoms with Gasteiger partial charge >= 0.3 is 18.0 Å². The first-order chi connectivity index (χ1) is 11.7. The van der Waals surface area contributed by atoms with Gasteiger partial charge in [-0.2, -0.15) is 0 Å². The van der Waals surface area contributed by atoms with Gasteiger partial charge in [0.15, 0.2) is 6.10 Å². The van der Waals surface area contributed by atoms with Crippen molar-refractivity contribution in [2.45, 2.75) is 40.7 Å². The van der Waals surface area contributed by atoms with E-state index in [9.17, 15) is 19.2 Å². The molecule has 1 unspecified atom stereocenters. The summed E-state index contributed by atoms with van der Waals surface area (Å²) in [4.78, 5) is 50.1. The summed E-state index contributed by atoms with van der Waals surface area (Å²) < 4.78 is 10.0. The number of ether oxygens (including phenoxy) is 2. The molecule has 0 bridgehead atoms.